The number of benzene rings is 1. The summed E-state index contributed by atoms with van der Waals surface area (Å²) in [6.45, 7) is 3.10. The van der Waals surface area contributed by atoms with Crippen molar-refractivity contribution in [2.75, 3.05) is 6.54 Å². The minimum absolute atomic E-state index is 0.459. The fraction of sp³-hybridized carbons (Fsp3) is 0.429. The maximum absolute atomic E-state index is 5.34. The highest BCUT2D eigenvalue weighted by atomic mass is 14.9. The number of nitrogens with one attached hydrogen (secondary N) is 1. The van der Waals surface area contributed by atoms with Gasteiger partial charge in [0.25, 0.3) is 0 Å². The monoisotopic (exact) mass is 201 g/mol. The Kier molecular flexibility index (Phi) is 5.58. The standard InChI is InChI=1S/C14H19N/c1-3-8-14(15-4-2)12-11-13-9-6-5-7-10-13/h1,5-7,9-10,14-15H,4,8,11-12H2,2H3. The van der Waals surface area contributed by atoms with Crippen molar-refractivity contribution in [3.63, 3.8) is 0 Å². The molecule has 1 rings (SSSR count). The van der Waals surface area contributed by atoms with Crippen LogP contribution in [0.5, 0.6) is 0 Å². The second-order valence-electron chi connectivity index (χ2n) is 3.69. The maximum Gasteiger partial charge on any atom is 0.0240 e. The lowest BCUT2D eigenvalue weighted by Gasteiger charge is -2.14. The van der Waals surface area contributed by atoms with Gasteiger partial charge in [0.15, 0.2) is 0 Å². The molecular formula is C14H19N. The molecule has 0 saturated carbocycles. The normalized spacial score (nSPS) is 12.0. The van der Waals surface area contributed by atoms with E-state index in [1.807, 2.05) is 6.07 Å². The van der Waals surface area contributed by atoms with E-state index in [0.717, 1.165) is 25.8 Å². The van der Waals surface area contributed by atoms with Gasteiger partial charge in [0.2, 0.25) is 0 Å². The van der Waals surface area contributed by atoms with Crippen LogP contribution in [-0.4, -0.2) is 12.6 Å². The van der Waals surface area contributed by atoms with Gasteiger partial charge in [0.05, 0.1) is 0 Å². The second-order valence-corrected chi connectivity index (χ2v) is 3.69. The van der Waals surface area contributed by atoms with Gasteiger partial charge in [0, 0.05) is 12.5 Å². The van der Waals surface area contributed by atoms with Crippen LogP contribution in [0.15, 0.2) is 30.3 Å². The highest BCUT2D eigenvalue weighted by Gasteiger charge is 2.05. The van der Waals surface area contributed by atoms with Gasteiger partial charge in [-0.05, 0) is 24.9 Å². The second kappa shape index (κ2) is 7.09. The first-order valence-corrected chi connectivity index (χ1v) is 5.57. The fourth-order valence-corrected chi connectivity index (χ4v) is 1.69. The molecule has 0 aliphatic carbocycles. The first-order valence-electron chi connectivity index (χ1n) is 5.57. The summed E-state index contributed by atoms with van der Waals surface area (Å²) in [7, 11) is 0. The first kappa shape index (κ1) is 11.8. The van der Waals surface area contributed by atoms with Crippen molar-refractivity contribution in [1.82, 2.24) is 5.32 Å². The molecule has 1 aromatic rings. The minimum atomic E-state index is 0.459. The van der Waals surface area contributed by atoms with Crippen LogP contribution < -0.4 is 5.32 Å². The topological polar surface area (TPSA) is 12.0 Å². The summed E-state index contributed by atoms with van der Waals surface area (Å²) in [5.74, 6) is 2.73. The number of aryl methyl sites for hydroxylation is 1. The molecule has 15 heavy (non-hydrogen) atoms. The molecule has 0 aliphatic heterocycles. The Morgan fingerprint density at radius 1 is 1.33 bits per heavy atom. The van der Waals surface area contributed by atoms with E-state index in [0.29, 0.717) is 6.04 Å². The van der Waals surface area contributed by atoms with Crippen LogP contribution in [-0.2, 0) is 6.42 Å². The third-order valence-corrected chi connectivity index (χ3v) is 2.48. The van der Waals surface area contributed by atoms with Crippen LogP contribution in [0.2, 0.25) is 0 Å². The van der Waals surface area contributed by atoms with Crippen molar-refractivity contribution >= 4 is 0 Å². The number of terminal acetylenes is 1. The molecule has 0 saturated heterocycles. The molecule has 1 aromatic carbocycles. The van der Waals surface area contributed by atoms with Crippen LogP contribution in [0.25, 0.3) is 0 Å². The molecule has 1 atom stereocenters. The SMILES string of the molecule is C#CCC(CCc1ccccc1)NCC. The summed E-state index contributed by atoms with van der Waals surface area (Å²) >= 11 is 0. The van der Waals surface area contributed by atoms with Crippen LogP contribution in [0, 0.1) is 12.3 Å². The molecule has 0 fully saturated rings. The van der Waals surface area contributed by atoms with E-state index in [9.17, 15) is 0 Å². The van der Waals surface area contributed by atoms with E-state index in [1.54, 1.807) is 0 Å². The van der Waals surface area contributed by atoms with Crippen LogP contribution in [0.1, 0.15) is 25.3 Å². The highest BCUT2D eigenvalue weighted by molar-refractivity contribution is 5.14. The zero-order valence-electron chi connectivity index (χ0n) is 9.37. The van der Waals surface area contributed by atoms with Crippen molar-refractivity contribution in [3.8, 4) is 12.3 Å². The number of hydrogen-bond acceptors (Lipinski definition) is 1. The molecule has 1 heteroatoms. The first-order chi connectivity index (χ1) is 7.36. The lowest BCUT2D eigenvalue weighted by atomic mass is 10.0. The van der Waals surface area contributed by atoms with E-state index < -0.39 is 0 Å². The van der Waals surface area contributed by atoms with Crippen LogP contribution in [0.4, 0.5) is 0 Å². The smallest absolute Gasteiger partial charge is 0.0240 e. The van der Waals surface area contributed by atoms with Crippen molar-refractivity contribution in [1.29, 1.82) is 0 Å². The Morgan fingerprint density at radius 3 is 2.67 bits per heavy atom. The molecule has 1 N–H and O–H groups in total. The van der Waals surface area contributed by atoms with Gasteiger partial charge < -0.3 is 5.32 Å². The van der Waals surface area contributed by atoms with Gasteiger partial charge in [-0.1, -0.05) is 37.3 Å². The molecule has 0 amide bonds. The van der Waals surface area contributed by atoms with Gasteiger partial charge in [0.1, 0.15) is 0 Å². The summed E-state index contributed by atoms with van der Waals surface area (Å²) in [4.78, 5) is 0. The molecule has 0 spiro atoms. The van der Waals surface area contributed by atoms with Crippen molar-refractivity contribution < 1.29 is 0 Å². The summed E-state index contributed by atoms with van der Waals surface area (Å²) in [6.07, 6.45) is 8.37. The van der Waals surface area contributed by atoms with E-state index in [1.165, 1.54) is 5.56 Å². The highest BCUT2D eigenvalue weighted by Crippen LogP contribution is 2.06. The van der Waals surface area contributed by atoms with Gasteiger partial charge in [-0.15, -0.1) is 12.3 Å². The van der Waals surface area contributed by atoms with E-state index in [4.69, 9.17) is 6.42 Å². The molecule has 1 nitrogen and oxygen atoms in total. The molecule has 0 heterocycles. The van der Waals surface area contributed by atoms with Crippen molar-refractivity contribution in [3.05, 3.63) is 35.9 Å². The minimum Gasteiger partial charge on any atom is -0.313 e. The van der Waals surface area contributed by atoms with Gasteiger partial charge in [-0.2, -0.15) is 0 Å². The molecule has 1 unspecified atom stereocenters. The molecule has 0 aliphatic rings. The van der Waals surface area contributed by atoms with Gasteiger partial charge >= 0.3 is 0 Å². The fourth-order valence-electron chi connectivity index (χ4n) is 1.69. The van der Waals surface area contributed by atoms with E-state index >= 15 is 0 Å². The average molecular weight is 201 g/mol. The Morgan fingerprint density at radius 2 is 2.07 bits per heavy atom. The number of rotatable bonds is 6. The maximum atomic E-state index is 5.34. The Hall–Kier alpha value is -1.26. The van der Waals surface area contributed by atoms with Crippen molar-refractivity contribution in [2.24, 2.45) is 0 Å². The summed E-state index contributed by atoms with van der Waals surface area (Å²) in [5, 5.41) is 3.41. The zero-order chi connectivity index (χ0) is 10.9. The third kappa shape index (κ3) is 4.67. The Balaban J connectivity index is 2.37. The quantitative estimate of drug-likeness (QED) is 0.698. The molecule has 0 aromatic heterocycles. The summed E-state index contributed by atoms with van der Waals surface area (Å²) in [5.41, 5.74) is 1.39. The average Bonchev–Trinajstić information content (AvgIpc) is 2.28. The molecule has 0 bridgehead atoms. The molecular weight excluding hydrogens is 182 g/mol. The van der Waals surface area contributed by atoms with E-state index in [-0.39, 0.29) is 0 Å². The predicted octanol–water partition coefficient (Wildman–Crippen LogP) is 2.62. The van der Waals surface area contributed by atoms with Crippen molar-refractivity contribution in [2.45, 2.75) is 32.2 Å². The number of hydrogen-bond donors (Lipinski definition) is 1. The largest absolute Gasteiger partial charge is 0.313 e. The zero-order valence-corrected chi connectivity index (χ0v) is 9.37. The third-order valence-electron chi connectivity index (χ3n) is 2.48. The summed E-state index contributed by atoms with van der Waals surface area (Å²) < 4.78 is 0. The van der Waals surface area contributed by atoms with Gasteiger partial charge in [-0.25, -0.2) is 0 Å². The van der Waals surface area contributed by atoms with Crippen LogP contribution in [0.3, 0.4) is 0 Å². The van der Waals surface area contributed by atoms with E-state index in [2.05, 4.69) is 42.4 Å². The molecule has 0 radical (unpaired) electrons. The Labute approximate surface area is 92.9 Å². The van der Waals surface area contributed by atoms with Crippen LogP contribution >= 0.6 is 0 Å². The summed E-state index contributed by atoms with van der Waals surface area (Å²) in [6, 6.07) is 11.0. The lowest BCUT2D eigenvalue weighted by Crippen LogP contribution is -2.28. The lowest BCUT2D eigenvalue weighted by molar-refractivity contribution is 0.503. The Bertz CT molecular complexity index is 297. The van der Waals surface area contributed by atoms with Gasteiger partial charge in [-0.3, -0.25) is 0 Å². The molecule has 80 valence electrons. The predicted molar refractivity (Wildman–Crippen MR) is 65.7 cm³/mol.